The first-order chi connectivity index (χ1) is 14.7. The number of aliphatic carboxylic acids is 1. The molecule has 0 spiro atoms. The topological polar surface area (TPSA) is 73.7 Å². The molecule has 0 unspecified atom stereocenters. The maximum atomic E-state index is 11.2. The molecule has 2 atom stereocenters. The lowest BCUT2D eigenvalue weighted by Gasteiger charge is -2.27. The third-order valence-electron chi connectivity index (χ3n) is 5.42. The standard InChI is InChI=1S/C25H25N3O2/c29-25(30)20-14-21(17-26-15-20)28-27-16-19-10-4-5-12-23(19)24-13-7-6-11-22(24)18-8-2-1-3-9-18/h1-13,16,20-21,26,28H,14-15,17H2,(H,29,30)/b27-16+/t20-,21+/m1/s1. The SMILES string of the molecule is O=C(O)[C@H]1CNC[C@@H](N/N=C/c2ccccc2-c2ccccc2-c2ccccc2)C1. The van der Waals surface area contributed by atoms with Crippen LogP contribution in [0.5, 0.6) is 0 Å². The number of carboxylic acid groups (broad SMARTS) is 1. The Hall–Kier alpha value is -3.44. The highest BCUT2D eigenvalue weighted by Gasteiger charge is 2.26. The molecule has 0 amide bonds. The predicted molar refractivity (Wildman–Crippen MR) is 120 cm³/mol. The molecule has 4 rings (SSSR count). The number of hydrogen-bond acceptors (Lipinski definition) is 4. The van der Waals surface area contributed by atoms with Gasteiger partial charge >= 0.3 is 5.97 Å². The number of piperidine rings is 1. The van der Waals surface area contributed by atoms with E-state index in [0.717, 1.165) is 16.7 Å². The van der Waals surface area contributed by atoms with Gasteiger partial charge < -0.3 is 15.8 Å². The van der Waals surface area contributed by atoms with Gasteiger partial charge in [0, 0.05) is 18.7 Å². The van der Waals surface area contributed by atoms with Gasteiger partial charge in [-0.3, -0.25) is 4.79 Å². The fourth-order valence-corrected chi connectivity index (χ4v) is 3.88. The van der Waals surface area contributed by atoms with Crippen LogP contribution >= 0.6 is 0 Å². The van der Waals surface area contributed by atoms with Gasteiger partial charge in [-0.2, -0.15) is 5.10 Å². The molecule has 0 saturated carbocycles. The number of carboxylic acids is 1. The summed E-state index contributed by atoms with van der Waals surface area (Å²) in [5, 5.41) is 16.8. The molecule has 1 fully saturated rings. The molecule has 3 N–H and O–H groups in total. The quantitative estimate of drug-likeness (QED) is 0.433. The molecule has 5 nitrogen and oxygen atoms in total. The molecular formula is C25H25N3O2. The van der Waals surface area contributed by atoms with Gasteiger partial charge in [-0.25, -0.2) is 0 Å². The van der Waals surface area contributed by atoms with Crippen LogP contribution in [0.15, 0.2) is 84.0 Å². The smallest absolute Gasteiger partial charge is 0.307 e. The zero-order valence-corrected chi connectivity index (χ0v) is 16.7. The Morgan fingerprint density at radius 3 is 2.33 bits per heavy atom. The fraction of sp³-hybridized carbons (Fsp3) is 0.200. The Kier molecular flexibility index (Phi) is 6.20. The number of hydrazone groups is 1. The summed E-state index contributed by atoms with van der Waals surface area (Å²) in [5.41, 5.74) is 8.73. The van der Waals surface area contributed by atoms with Crippen molar-refractivity contribution in [3.63, 3.8) is 0 Å². The van der Waals surface area contributed by atoms with E-state index in [1.807, 2.05) is 48.7 Å². The number of nitrogens with one attached hydrogen (secondary N) is 2. The summed E-state index contributed by atoms with van der Waals surface area (Å²) in [7, 11) is 0. The summed E-state index contributed by atoms with van der Waals surface area (Å²) in [6, 6.07) is 26.9. The molecule has 30 heavy (non-hydrogen) atoms. The Morgan fingerprint density at radius 1 is 0.900 bits per heavy atom. The van der Waals surface area contributed by atoms with E-state index in [-0.39, 0.29) is 12.0 Å². The van der Waals surface area contributed by atoms with Gasteiger partial charge in [-0.15, -0.1) is 0 Å². The second-order valence-electron chi connectivity index (χ2n) is 7.51. The van der Waals surface area contributed by atoms with E-state index in [9.17, 15) is 9.90 Å². The van der Waals surface area contributed by atoms with Gasteiger partial charge in [0.15, 0.2) is 0 Å². The molecule has 0 radical (unpaired) electrons. The maximum Gasteiger partial charge on any atom is 0.307 e. The van der Waals surface area contributed by atoms with Gasteiger partial charge in [0.2, 0.25) is 0 Å². The van der Waals surface area contributed by atoms with Crippen molar-refractivity contribution in [3.8, 4) is 22.3 Å². The van der Waals surface area contributed by atoms with Crippen molar-refractivity contribution in [3.05, 3.63) is 84.4 Å². The summed E-state index contributed by atoms with van der Waals surface area (Å²) in [4.78, 5) is 11.2. The third kappa shape index (κ3) is 4.58. The second-order valence-corrected chi connectivity index (χ2v) is 7.51. The zero-order valence-electron chi connectivity index (χ0n) is 16.7. The average Bonchev–Trinajstić information content (AvgIpc) is 2.80. The fourth-order valence-electron chi connectivity index (χ4n) is 3.88. The van der Waals surface area contributed by atoms with E-state index in [1.54, 1.807) is 0 Å². The molecule has 3 aromatic rings. The Labute approximate surface area is 176 Å². The second kappa shape index (κ2) is 9.37. The van der Waals surface area contributed by atoms with Crippen LogP contribution < -0.4 is 10.7 Å². The molecule has 152 valence electrons. The lowest BCUT2D eigenvalue weighted by molar-refractivity contribution is -0.142. The third-order valence-corrected chi connectivity index (χ3v) is 5.42. The summed E-state index contributed by atoms with van der Waals surface area (Å²) in [6.07, 6.45) is 2.39. The van der Waals surface area contributed by atoms with Crippen molar-refractivity contribution in [1.29, 1.82) is 0 Å². The minimum atomic E-state index is -0.763. The molecule has 1 heterocycles. The summed E-state index contributed by atoms with van der Waals surface area (Å²) < 4.78 is 0. The molecule has 5 heteroatoms. The van der Waals surface area contributed by atoms with E-state index < -0.39 is 5.97 Å². The summed E-state index contributed by atoms with van der Waals surface area (Å²) in [5.74, 6) is -1.14. The normalized spacial score (nSPS) is 18.9. The molecule has 1 aliphatic heterocycles. The van der Waals surface area contributed by atoms with E-state index in [4.69, 9.17) is 0 Å². The van der Waals surface area contributed by atoms with Crippen LogP contribution in [-0.2, 0) is 4.79 Å². The van der Waals surface area contributed by atoms with Crippen LogP contribution in [0.25, 0.3) is 22.3 Å². The lowest BCUT2D eigenvalue weighted by Crippen LogP contribution is -2.47. The molecular weight excluding hydrogens is 374 g/mol. The highest BCUT2D eigenvalue weighted by Crippen LogP contribution is 2.33. The average molecular weight is 399 g/mol. The minimum absolute atomic E-state index is 0.000123. The van der Waals surface area contributed by atoms with Gasteiger partial charge in [0.25, 0.3) is 0 Å². The van der Waals surface area contributed by atoms with Gasteiger partial charge in [-0.05, 0) is 28.7 Å². The van der Waals surface area contributed by atoms with Crippen molar-refractivity contribution in [2.45, 2.75) is 12.5 Å². The van der Waals surface area contributed by atoms with Crippen LogP contribution in [0, 0.1) is 5.92 Å². The van der Waals surface area contributed by atoms with Crippen LogP contribution in [0.3, 0.4) is 0 Å². The Bertz CT molecular complexity index is 1030. The number of rotatable bonds is 6. The van der Waals surface area contributed by atoms with Gasteiger partial charge in [0.1, 0.15) is 0 Å². The van der Waals surface area contributed by atoms with E-state index in [1.165, 1.54) is 11.1 Å². The van der Waals surface area contributed by atoms with Gasteiger partial charge in [0.05, 0.1) is 18.2 Å². The molecule has 0 bridgehead atoms. The lowest BCUT2D eigenvalue weighted by atomic mass is 9.92. The van der Waals surface area contributed by atoms with Crippen LogP contribution in [0.2, 0.25) is 0 Å². The predicted octanol–water partition coefficient (Wildman–Crippen LogP) is 4.01. The minimum Gasteiger partial charge on any atom is -0.481 e. The molecule has 0 aliphatic carbocycles. The van der Waals surface area contributed by atoms with Crippen LogP contribution in [0.1, 0.15) is 12.0 Å². The molecule has 0 aromatic heterocycles. The van der Waals surface area contributed by atoms with E-state index >= 15 is 0 Å². The maximum absolute atomic E-state index is 11.2. The highest BCUT2D eigenvalue weighted by molar-refractivity contribution is 5.94. The largest absolute Gasteiger partial charge is 0.481 e. The van der Waals surface area contributed by atoms with Crippen molar-refractivity contribution in [1.82, 2.24) is 10.7 Å². The van der Waals surface area contributed by atoms with Crippen molar-refractivity contribution in [2.24, 2.45) is 11.0 Å². The number of nitrogens with zero attached hydrogens (tertiary/aromatic N) is 1. The first-order valence-electron chi connectivity index (χ1n) is 10.2. The summed E-state index contributed by atoms with van der Waals surface area (Å²) >= 11 is 0. The molecule has 1 saturated heterocycles. The number of carbonyl (C=O) groups is 1. The van der Waals surface area contributed by atoms with E-state index in [2.05, 4.69) is 52.2 Å². The monoisotopic (exact) mass is 399 g/mol. The Morgan fingerprint density at radius 2 is 1.57 bits per heavy atom. The van der Waals surface area contributed by atoms with Gasteiger partial charge in [-0.1, -0.05) is 78.9 Å². The van der Waals surface area contributed by atoms with Crippen molar-refractivity contribution in [2.75, 3.05) is 13.1 Å². The van der Waals surface area contributed by atoms with Crippen LogP contribution in [-0.4, -0.2) is 36.4 Å². The Balaban J connectivity index is 1.57. The molecule has 3 aromatic carbocycles. The molecule has 1 aliphatic rings. The number of benzene rings is 3. The van der Waals surface area contributed by atoms with Crippen LogP contribution in [0.4, 0.5) is 0 Å². The first-order valence-corrected chi connectivity index (χ1v) is 10.2. The number of hydrogen-bond donors (Lipinski definition) is 3. The van der Waals surface area contributed by atoms with Crippen molar-refractivity contribution < 1.29 is 9.90 Å². The first kappa shape index (κ1) is 19.9. The summed E-state index contributed by atoms with van der Waals surface area (Å²) in [6.45, 7) is 1.22. The van der Waals surface area contributed by atoms with E-state index in [0.29, 0.717) is 19.5 Å². The van der Waals surface area contributed by atoms with Crippen molar-refractivity contribution >= 4 is 12.2 Å². The highest BCUT2D eigenvalue weighted by atomic mass is 16.4. The zero-order chi connectivity index (χ0) is 20.8.